The van der Waals surface area contributed by atoms with Crippen LogP contribution < -0.4 is 11.2 Å². The summed E-state index contributed by atoms with van der Waals surface area (Å²) in [5.74, 6) is -2.44. The molecule has 0 aromatic carbocycles. The molecule has 3 N–H and O–H groups in total. The molecular formula is C52H60N6O12. The molecule has 0 aliphatic carbocycles. The van der Waals surface area contributed by atoms with E-state index < -0.39 is 53.7 Å². The second kappa shape index (κ2) is 20.5. The lowest BCUT2D eigenvalue weighted by Crippen LogP contribution is -2.41. The van der Waals surface area contributed by atoms with E-state index >= 15 is 0 Å². The average Bonchev–Trinajstić information content (AvgIpc) is 4.05. The molecule has 4 aromatic heterocycles. The van der Waals surface area contributed by atoms with Crippen molar-refractivity contribution >= 4 is 68.3 Å². The topological polar surface area (TPSA) is 244 Å². The summed E-state index contributed by atoms with van der Waals surface area (Å²) in [7, 11) is 2.69. The number of nitrogens with zero attached hydrogens (tertiary/aromatic N) is 3. The minimum Gasteiger partial charge on any atom is -0.469 e. The number of fused-ring (bicyclic) bond motifs is 8. The van der Waals surface area contributed by atoms with Gasteiger partial charge in [-0.2, -0.15) is 0 Å². The average molecular weight is 961 g/mol. The second-order valence-corrected chi connectivity index (χ2v) is 18.2. The molecule has 70 heavy (non-hydrogen) atoms. The summed E-state index contributed by atoms with van der Waals surface area (Å²) in [6.07, 6.45) is -1.93. The molecule has 18 heteroatoms. The van der Waals surface area contributed by atoms with Crippen LogP contribution in [-0.4, -0.2) is 98.1 Å². The van der Waals surface area contributed by atoms with Crippen molar-refractivity contribution in [2.45, 2.75) is 131 Å². The third-order valence-corrected chi connectivity index (χ3v) is 13.5. The monoisotopic (exact) mass is 960 g/mol. The minimum absolute atomic E-state index is 0.00266. The van der Waals surface area contributed by atoms with Gasteiger partial charge in [-0.15, -0.1) is 0 Å². The minimum atomic E-state index is -1.25. The number of aromatic nitrogens is 6. The number of methoxy groups -OCH3 is 2. The van der Waals surface area contributed by atoms with E-state index in [1.165, 1.54) is 48.1 Å². The smallest absolute Gasteiger partial charge is 0.330 e. The molecule has 6 atom stereocenters. The molecule has 7 rings (SSSR count). The third kappa shape index (κ3) is 9.87. The number of nitrogens with one attached hydrogen (secondary N) is 3. The Kier molecular flexibility index (Phi) is 14.9. The molecule has 0 radical (unpaired) electrons. The van der Waals surface area contributed by atoms with Gasteiger partial charge in [0.15, 0.2) is 12.3 Å². The Balaban J connectivity index is 1.53. The van der Waals surface area contributed by atoms with Crippen molar-refractivity contribution in [1.29, 1.82) is 0 Å². The van der Waals surface area contributed by atoms with Crippen LogP contribution in [0.3, 0.4) is 0 Å². The maximum absolute atomic E-state index is 14.0. The predicted octanol–water partition coefficient (Wildman–Crippen LogP) is 6.69. The number of hydrogen-bond donors (Lipinski definition) is 3. The number of ketones is 2. The van der Waals surface area contributed by atoms with Crippen molar-refractivity contribution in [2.24, 2.45) is 0 Å². The first-order valence-corrected chi connectivity index (χ1v) is 23.2. The van der Waals surface area contributed by atoms with Crippen molar-refractivity contribution in [2.75, 3.05) is 20.8 Å². The van der Waals surface area contributed by atoms with Crippen LogP contribution in [-0.2, 0) is 60.5 Å². The zero-order chi connectivity index (χ0) is 51.0. The molecule has 370 valence electrons. The van der Waals surface area contributed by atoms with Gasteiger partial charge in [-0.25, -0.2) is 9.78 Å². The fraction of sp³-hybridized carbons (Fsp3) is 0.442. The van der Waals surface area contributed by atoms with Crippen molar-refractivity contribution in [1.82, 2.24) is 29.5 Å². The van der Waals surface area contributed by atoms with Gasteiger partial charge in [-0.05, 0) is 99.1 Å². The van der Waals surface area contributed by atoms with Gasteiger partial charge in [0, 0.05) is 97.1 Å². The number of hydrogen-bond acceptors (Lipinski definition) is 14. The largest absolute Gasteiger partial charge is 0.469 e. The van der Waals surface area contributed by atoms with Crippen LogP contribution >= 0.6 is 0 Å². The molecule has 4 aromatic rings. The summed E-state index contributed by atoms with van der Waals surface area (Å²) in [5.41, 5.74) is 9.03. The van der Waals surface area contributed by atoms with E-state index in [2.05, 4.69) is 21.5 Å². The van der Waals surface area contributed by atoms with E-state index in [4.69, 9.17) is 33.7 Å². The number of carbonyl (C=O) groups excluding carboxylic acids is 5. The summed E-state index contributed by atoms with van der Waals surface area (Å²) in [5, 5.41) is 0. The van der Waals surface area contributed by atoms with Crippen molar-refractivity contribution < 1.29 is 47.7 Å². The molecule has 18 nitrogen and oxygen atoms in total. The first kappa shape index (κ1) is 50.8. The van der Waals surface area contributed by atoms with E-state index in [0.29, 0.717) is 74.4 Å². The Morgan fingerprint density at radius 3 is 2.13 bits per heavy atom. The molecule has 1 fully saturated rings. The van der Waals surface area contributed by atoms with Crippen molar-refractivity contribution in [3.63, 3.8) is 0 Å². The van der Waals surface area contributed by atoms with Crippen LogP contribution in [0.2, 0.25) is 0 Å². The van der Waals surface area contributed by atoms with Gasteiger partial charge in [-0.1, -0.05) is 20.4 Å². The number of rotatable bonds is 15. The normalized spacial score (nSPS) is 19.8. The van der Waals surface area contributed by atoms with Crippen LogP contribution in [0, 0.1) is 13.8 Å². The maximum Gasteiger partial charge on any atom is 0.330 e. The number of Topliss-reactive ketones (excluding diaryl/α,β-unsaturated/α-hetero) is 2. The first-order chi connectivity index (χ1) is 33.2. The SMILES string of the molecule is C=C(c1cn([C@@H]2O[C@H](COC(C)=O)C(OC(C)=O)[C@H]2OC)c(=O)[nH]c1=O)c1c(C)c2cc3nc(c(CC(C)=O)c4[nH]c(cc5nc(cc1[nH]2)C(C)=C5CC)c(C)c4CC(C)=O)[C@@H](CCC(=O)OC)[C@@H]3C. The van der Waals surface area contributed by atoms with E-state index in [-0.39, 0.29) is 60.4 Å². The molecule has 0 saturated carbocycles. The van der Waals surface area contributed by atoms with E-state index in [1.54, 1.807) is 0 Å². The zero-order valence-corrected chi connectivity index (χ0v) is 41.5. The number of aromatic amines is 3. The summed E-state index contributed by atoms with van der Waals surface area (Å²) in [4.78, 5) is 111. The maximum atomic E-state index is 14.0. The number of aryl methyl sites for hydroxylation is 2. The van der Waals surface area contributed by atoms with Crippen LogP contribution in [0.1, 0.15) is 142 Å². The summed E-state index contributed by atoms with van der Waals surface area (Å²) >= 11 is 0. The Hall–Kier alpha value is -7.05. The van der Waals surface area contributed by atoms with Gasteiger partial charge in [-0.3, -0.25) is 43.3 Å². The fourth-order valence-electron chi connectivity index (χ4n) is 9.97. The molecule has 0 spiro atoms. The summed E-state index contributed by atoms with van der Waals surface area (Å²) in [6, 6.07) is 5.75. The standard InChI is InChI=1S/C52H60N6O12/c1-13-32-25(4)37-20-42-45(28(7)36-21-58(52(65)57-50(36)64)51-49(67-12)48(69-31(10)62)43(70-51)22-68-30(9)61)29(8)40(54-42)18-38-26(5)33(14-15-44(63)66-11)46(55-38)35(17-24(3)60)47-34(16-23(2)59)27(6)39(56-47)19-41(32)53-37/h18-21,26,33,43,48-49,51,54,56H,7,13-17,22H2,1-6,8-12H3,(H,57,64,65)/t26-,33-,43+,48?,49+,51+/m0/s1. The van der Waals surface area contributed by atoms with Crippen molar-refractivity contribution in [3.8, 4) is 0 Å². The van der Waals surface area contributed by atoms with Crippen LogP contribution in [0.5, 0.6) is 0 Å². The number of H-pyrrole nitrogens is 3. The number of esters is 3. The Labute approximate surface area is 403 Å². The molecule has 7 heterocycles. The van der Waals surface area contributed by atoms with Gasteiger partial charge in [0.2, 0.25) is 0 Å². The van der Waals surface area contributed by atoms with E-state index in [9.17, 15) is 33.6 Å². The van der Waals surface area contributed by atoms with Crippen LogP contribution in [0.15, 0.2) is 40.6 Å². The van der Waals surface area contributed by atoms with Gasteiger partial charge >= 0.3 is 23.6 Å². The highest BCUT2D eigenvalue weighted by Gasteiger charge is 2.49. The molecule has 0 amide bonds. The van der Waals surface area contributed by atoms with Gasteiger partial charge in [0.05, 0.1) is 29.8 Å². The molecule has 8 bridgehead atoms. The van der Waals surface area contributed by atoms with E-state index in [1.807, 2.05) is 52.8 Å². The Morgan fingerprint density at radius 2 is 1.50 bits per heavy atom. The zero-order valence-electron chi connectivity index (χ0n) is 41.5. The fourth-order valence-corrected chi connectivity index (χ4v) is 9.97. The van der Waals surface area contributed by atoms with E-state index in [0.717, 1.165) is 26.8 Å². The van der Waals surface area contributed by atoms with Gasteiger partial charge in [0.1, 0.15) is 30.4 Å². The Morgan fingerprint density at radius 1 is 0.829 bits per heavy atom. The van der Waals surface area contributed by atoms with Gasteiger partial charge < -0.3 is 33.7 Å². The van der Waals surface area contributed by atoms with Gasteiger partial charge in [0.25, 0.3) is 5.56 Å². The first-order valence-electron chi connectivity index (χ1n) is 23.2. The summed E-state index contributed by atoms with van der Waals surface area (Å²) in [6.45, 7) is 19.4. The lowest BCUT2D eigenvalue weighted by Gasteiger charge is -2.23. The highest BCUT2D eigenvalue weighted by atomic mass is 16.6. The second-order valence-electron chi connectivity index (χ2n) is 18.2. The molecule has 3 aliphatic rings. The number of carbonyl (C=O) groups is 5. The molecule has 3 aliphatic heterocycles. The summed E-state index contributed by atoms with van der Waals surface area (Å²) < 4.78 is 28.9. The molecule has 1 saturated heterocycles. The lowest BCUT2D eigenvalue weighted by atomic mass is 9.84. The van der Waals surface area contributed by atoms with Crippen LogP contribution in [0.25, 0.3) is 38.8 Å². The Bertz CT molecular complexity index is 3170. The third-order valence-electron chi connectivity index (χ3n) is 13.5. The molecular weight excluding hydrogens is 901 g/mol. The highest BCUT2D eigenvalue weighted by molar-refractivity contribution is 5.96. The predicted molar refractivity (Wildman–Crippen MR) is 261 cm³/mol. The lowest BCUT2D eigenvalue weighted by molar-refractivity contribution is -0.158. The quantitative estimate of drug-likeness (QED) is 0.0830. The molecule has 1 unspecified atom stereocenters. The number of allylic oxidation sites excluding steroid dienone is 2. The van der Waals surface area contributed by atoms with Crippen LogP contribution in [0.4, 0.5) is 0 Å². The highest BCUT2D eigenvalue weighted by Crippen LogP contribution is 2.44. The van der Waals surface area contributed by atoms with Crippen molar-refractivity contribution in [3.05, 3.63) is 108 Å². The number of ether oxygens (including phenoxy) is 5.